The highest BCUT2D eigenvalue weighted by Gasteiger charge is 2.15. The molecule has 0 aromatic heterocycles. The first-order valence-electron chi connectivity index (χ1n) is 5.60. The molecular formula is C14H12N2O2S. The summed E-state index contributed by atoms with van der Waals surface area (Å²) in [7, 11) is 0. The molecule has 0 amide bonds. The Kier molecular flexibility index (Phi) is 3.95. The van der Waals surface area contributed by atoms with Gasteiger partial charge in [0.2, 0.25) is 0 Å². The van der Waals surface area contributed by atoms with E-state index < -0.39 is 11.3 Å². The molecule has 0 heterocycles. The Morgan fingerprint density at radius 2 is 1.84 bits per heavy atom. The van der Waals surface area contributed by atoms with Crippen molar-refractivity contribution in [1.29, 1.82) is 5.26 Å². The predicted octanol–water partition coefficient (Wildman–Crippen LogP) is 3.14. The Bertz CT molecular complexity index is 647. The van der Waals surface area contributed by atoms with Crippen LogP contribution in [0.2, 0.25) is 0 Å². The molecule has 5 heteroatoms. The molecule has 0 aliphatic heterocycles. The summed E-state index contributed by atoms with van der Waals surface area (Å²) < 4.78 is 22.3. The first-order chi connectivity index (χ1) is 9.11. The number of nitriles is 1. The minimum atomic E-state index is -2.20. The van der Waals surface area contributed by atoms with Crippen LogP contribution in [0.15, 0.2) is 48.5 Å². The van der Waals surface area contributed by atoms with Gasteiger partial charge >= 0.3 is 0 Å². The highest BCUT2D eigenvalue weighted by Crippen LogP contribution is 2.27. The normalized spacial score (nSPS) is 11.6. The van der Waals surface area contributed by atoms with E-state index in [0.717, 1.165) is 5.56 Å². The van der Waals surface area contributed by atoms with Crippen LogP contribution in [0.1, 0.15) is 11.1 Å². The van der Waals surface area contributed by atoms with Gasteiger partial charge in [0.15, 0.2) is 0 Å². The fourth-order valence-corrected chi connectivity index (χ4v) is 2.31. The van der Waals surface area contributed by atoms with E-state index in [1.165, 1.54) is 4.31 Å². The molecule has 1 N–H and O–H groups in total. The van der Waals surface area contributed by atoms with Crippen LogP contribution in [-0.4, -0.2) is 8.76 Å². The van der Waals surface area contributed by atoms with Gasteiger partial charge in [-0.15, -0.1) is 0 Å². The van der Waals surface area contributed by atoms with E-state index in [4.69, 9.17) is 5.26 Å². The second kappa shape index (κ2) is 5.65. The van der Waals surface area contributed by atoms with Crippen LogP contribution in [0.4, 0.5) is 11.4 Å². The summed E-state index contributed by atoms with van der Waals surface area (Å²) in [6, 6.07) is 15.9. The lowest BCUT2D eigenvalue weighted by atomic mass is 10.2. The molecule has 0 bridgehead atoms. The van der Waals surface area contributed by atoms with E-state index in [2.05, 4.69) is 0 Å². The van der Waals surface area contributed by atoms with Crippen molar-refractivity contribution in [2.24, 2.45) is 0 Å². The molecular weight excluding hydrogens is 260 g/mol. The third-order valence-electron chi connectivity index (χ3n) is 2.63. The number of hydrogen-bond acceptors (Lipinski definition) is 2. The van der Waals surface area contributed by atoms with Crippen LogP contribution in [0, 0.1) is 18.3 Å². The minimum absolute atomic E-state index is 0.445. The van der Waals surface area contributed by atoms with Crippen molar-refractivity contribution in [1.82, 2.24) is 0 Å². The number of aryl methyl sites for hydroxylation is 1. The molecule has 0 spiro atoms. The molecule has 2 aromatic rings. The van der Waals surface area contributed by atoms with Crippen molar-refractivity contribution >= 4 is 22.6 Å². The van der Waals surface area contributed by atoms with Gasteiger partial charge in [0.05, 0.1) is 23.0 Å². The van der Waals surface area contributed by atoms with E-state index in [0.29, 0.717) is 16.9 Å². The summed E-state index contributed by atoms with van der Waals surface area (Å²) >= 11 is -2.20. The standard InChI is InChI=1S/C14H12N2O2S/c1-11-5-7-13(8-6-11)16(19(17)18)14-4-2-3-12(9-14)10-15/h2-9H,1H3,(H,17,18). The van der Waals surface area contributed by atoms with Crippen LogP contribution >= 0.6 is 0 Å². The molecule has 2 rings (SSSR count). The van der Waals surface area contributed by atoms with E-state index >= 15 is 0 Å². The molecule has 1 atom stereocenters. The fraction of sp³-hybridized carbons (Fsp3) is 0.0714. The Labute approximate surface area is 114 Å². The quantitative estimate of drug-likeness (QED) is 0.873. The Morgan fingerprint density at radius 3 is 2.42 bits per heavy atom. The summed E-state index contributed by atoms with van der Waals surface area (Å²) in [6.07, 6.45) is 0. The number of benzene rings is 2. The number of nitrogens with zero attached hydrogens (tertiary/aromatic N) is 2. The monoisotopic (exact) mass is 272 g/mol. The van der Waals surface area contributed by atoms with Crippen LogP contribution in [-0.2, 0) is 11.3 Å². The lowest BCUT2D eigenvalue weighted by molar-refractivity contribution is 0.564. The molecule has 0 saturated carbocycles. The molecule has 96 valence electrons. The molecule has 19 heavy (non-hydrogen) atoms. The van der Waals surface area contributed by atoms with E-state index in [-0.39, 0.29) is 0 Å². The van der Waals surface area contributed by atoms with Crippen LogP contribution in [0.3, 0.4) is 0 Å². The van der Waals surface area contributed by atoms with E-state index in [1.54, 1.807) is 36.4 Å². The summed E-state index contributed by atoms with van der Waals surface area (Å²) in [4.78, 5) is 0. The summed E-state index contributed by atoms with van der Waals surface area (Å²) in [5.74, 6) is 0. The fourth-order valence-electron chi connectivity index (χ4n) is 1.71. The number of anilines is 2. The van der Waals surface area contributed by atoms with Crippen molar-refractivity contribution in [3.05, 3.63) is 59.7 Å². The van der Waals surface area contributed by atoms with Gasteiger partial charge in [-0.05, 0) is 37.3 Å². The second-order valence-corrected chi connectivity index (χ2v) is 4.85. The van der Waals surface area contributed by atoms with Gasteiger partial charge in [-0.25, -0.2) is 8.51 Å². The van der Waals surface area contributed by atoms with Crippen molar-refractivity contribution < 1.29 is 8.76 Å². The topological polar surface area (TPSA) is 64.3 Å². The van der Waals surface area contributed by atoms with Crippen LogP contribution in [0.5, 0.6) is 0 Å². The molecule has 4 nitrogen and oxygen atoms in total. The zero-order chi connectivity index (χ0) is 13.8. The molecule has 1 unspecified atom stereocenters. The maximum Gasteiger partial charge on any atom is 0.266 e. The number of hydrogen-bond donors (Lipinski definition) is 1. The average Bonchev–Trinajstić information content (AvgIpc) is 2.41. The van der Waals surface area contributed by atoms with E-state index in [9.17, 15) is 8.76 Å². The molecule has 0 saturated heterocycles. The summed E-state index contributed by atoms with van der Waals surface area (Å²) in [5, 5.41) is 8.88. The van der Waals surface area contributed by atoms with Gasteiger partial charge in [-0.3, -0.25) is 4.55 Å². The first-order valence-corrected chi connectivity index (χ1v) is 6.66. The summed E-state index contributed by atoms with van der Waals surface area (Å²) in [5.41, 5.74) is 2.61. The van der Waals surface area contributed by atoms with Gasteiger partial charge in [0.1, 0.15) is 0 Å². The Hall–Kier alpha value is -2.16. The van der Waals surface area contributed by atoms with Crippen molar-refractivity contribution in [3.8, 4) is 6.07 Å². The largest absolute Gasteiger partial charge is 0.289 e. The van der Waals surface area contributed by atoms with Crippen molar-refractivity contribution in [2.45, 2.75) is 6.92 Å². The molecule has 2 aromatic carbocycles. The van der Waals surface area contributed by atoms with Gasteiger partial charge in [0.25, 0.3) is 11.3 Å². The number of rotatable bonds is 3. The third kappa shape index (κ3) is 2.99. The second-order valence-electron chi connectivity index (χ2n) is 4.02. The SMILES string of the molecule is Cc1ccc(N(c2cccc(C#N)c2)S(=O)O)cc1. The van der Waals surface area contributed by atoms with Crippen molar-refractivity contribution in [3.63, 3.8) is 0 Å². The van der Waals surface area contributed by atoms with Gasteiger partial charge in [-0.1, -0.05) is 23.8 Å². The van der Waals surface area contributed by atoms with Gasteiger partial charge in [-0.2, -0.15) is 5.26 Å². The molecule has 0 aliphatic rings. The first kappa shape index (κ1) is 13.3. The van der Waals surface area contributed by atoms with Crippen molar-refractivity contribution in [2.75, 3.05) is 4.31 Å². The maximum atomic E-state index is 11.5. The summed E-state index contributed by atoms with van der Waals surface area (Å²) in [6.45, 7) is 1.94. The Morgan fingerprint density at radius 1 is 1.16 bits per heavy atom. The average molecular weight is 272 g/mol. The molecule has 0 fully saturated rings. The zero-order valence-electron chi connectivity index (χ0n) is 10.3. The van der Waals surface area contributed by atoms with E-state index in [1.807, 2.05) is 25.1 Å². The lowest BCUT2D eigenvalue weighted by Crippen LogP contribution is -2.19. The minimum Gasteiger partial charge on any atom is -0.289 e. The smallest absolute Gasteiger partial charge is 0.266 e. The predicted molar refractivity (Wildman–Crippen MR) is 75.2 cm³/mol. The maximum absolute atomic E-state index is 11.5. The third-order valence-corrected chi connectivity index (χ3v) is 3.37. The van der Waals surface area contributed by atoms with Gasteiger partial charge in [0, 0.05) is 0 Å². The highest BCUT2D eigenvalue weighted by atomic mass is 32.2. The van der Waals surface area contributed by atoms with Crippen LogP contribution in [0.25, 0.3) is 0 Å². The molecule has 0 radical (unpaired) electrons. The van der Waals surface area contributed by atoms with Gasteiger partial charge < -0.3 is 0 Å². The zero-order valence-corrected chi connectivity index (χ0v) is 11.1. The Balaban J connectivity index is 2.48. The van der Waals surface area contributed by atoms with Crippen LogP contribution < -0.4 is 4.31 Å². The molecule has 0 aliphatic carbocycles. The lowest BCUT2D eigenvalue weighted by Gasteiger charge is -2.20. The highest BCUT2D eigenvalue weighted by molar-refractivity contribution is 7.81.